The highest BCUT2D eigenvalue weighted by Gasteiger charge is 2.41. The Morgan fingerprint density at radius 1 is 1.08 bits per heavy atom. The standard InChI is InChI=1S/C15H30F3N5.HI/c1-12(15(16,17)18)22-8-10-23(11-9-22)13(19-5)20-6-7-21-14(2,3)4;/h12,21H,6-11H2,1-5H3,(H,19,20);1H. The minimum absolute atomic E-state index is 0. The van der Waals surface area contributed by atoms with Crippen LogP contribution in [0.15, 0.2) is 4.99 Å². The van der Waals surface area contributed by atoms with Crippen LogP contribution >= 0.6 is 24.0 Å². The summed E-state index contributed by atoms with van der Waals surface area (Å²) in [5.74, 6) is 0.750. The summed E-state index contributed by atoms with van der Waals surface area (Å²) in [4.78, 5) is 7.72. The van der Waals surface area contributed by atoms with Crippen LogP contribution in [0.1, 0.15) is 27.7 Å². The number of guanidine groups is 1. The number of nitrogens with one attached hydrogen (secondary N) is 2. The summed E-state index contributed by atoms with van der Waals surface area (Å²) in [5, 5.41) is 6.63. The number of halogens is 4. The molecule has 144 valence electrons. The number of piperazine rings is 1. The molecule has 0 aromatic carbocycles. The lowest BCUT2D eigenvalue weighted by Crippen LogP contribution is -2.57. The Balaban J connectivity index is 0.00000529. The van der Waals surface area contributed by atoms with Crippen molar-refractivity contribution in [1.29, 1.82) is 0 Å². The first-order chi connectivity index (χ1) is 10.5. The van der Waals surface area contributed by atoms with Crippen LogP contribution in [0.5, 0.6) is 0 Å². The van der Waals surface area contributed by atoms with E-state index in [0.29, 0.717) is 26.2 Å². The molecule has 0 radical (unpaired) electrons. The molecule has 1 aliphatic heterocycles. The molecule has 0 spiro atoms. The third-order valence-corrected chi connectivity index (χ3v) is 3.91. The highest BCUT2D eigenvalue weighted by molar-refractivity contribution is 14.0. The molecular weight excluding hydrogens is 434 g/mol. The van der Waals surface area contributed by atoms with E-state index in [1.807, 2.05) is 4.90 Å². The van der Waals surface area contributed by atoms with Crippen molar-refractivity contribution in [2.45, 2.75) is 45.5 Å². The Morgan fingerprint density at radius 3 is 2.04 bits per heavy atom. The van der Waals surface area contributed by atoms with Crippen molar-refractivity contribution in [2.24, 2.45) is 4.99 Å². The second-order valence-electron chi connectivity index (χ2n) is 6.89. The number of aliphatic imine (C=N–C) groups is 1. The molecule has 1 fully saturated rings. The molecule has 0 aromatic rings. The van der Waals surface area contributed by atoms with E-state index >= 15 is 0 Å². The van der Waals surface area contributed by atoms with Crippen molar-refractivity contribution in [2.75, 3.05) is 46.3 Å². The zero-order chi connectivity index (χ0) is 17.7. The van der Waals surface area contributed by atoms with Crippen molar-refractivity contribution >= 4 is 29.9 Å². The van der Waals surface area contributed by atoms with Gasteiger partial charge in [-0.15, -0.1) is 24.0 Å². The van der Waals surface area contributed by atoms with Gasteiger partial charge in [0.05, 0.1) is 0 Å². The predicted octanol–water partition coefficient (Wildman–Crippen LogP) is 2.14. The minimum Gasteiger partial charge on any atom is -0.355 e. The quantitative estimate of drug-likeness (QED) is 0.289. The molecule has 9 heteroatoms. The zero-order valence-corrected chi connectivity index (χ0v) is 17.5. The number of hydrogen-bond donors (Lipinski definition) is 2. The van der Waals surface area contributed by atoms with E-state index in [1.54, 1.807) is 7.05 Å². The van der Waals surface area contributed by atoms with Gasteiger partial charge in [0.2, 0.25) is 0 Å². The fourth-order valence-corrected chi connectivity index (χ4v) is 2.47. The predicted molar refractivity (Wildman–Crippen MR) is 103 cm³/mol. The summed E-state index contributed by atoms with van der Waals surface area (Å²) in [5.41, 5.74) is 0.0601. The molecule has 0 bridgehead atoms. The average Bonchev–Trinajstić information content (AvgIpc) is 2.45. The normalized spacial score (nSPS) is 19.0. The average molecular weight is 465 g/mol. The zero-order valence-electron chi connectivity index (χ0n) is 15.2. The van der Waals surface area contributed by atoms with Gasteiger partial charge in [0.1, 0.15) is 6.04 Å². The van der Waals surface area contributed by atoms with Gasteiger partial charge in [0.25, 0.3) is 0 Å². The number of nitrogens with zero attached hydrogens (tertiary/aromatic N) is 3. The maximum Gasteiger partial charge on any atom is 0.403 e. The Hall–Kier alpha value is -0.290. The lowest BCUT2D eigenvalue weighted by Gasteiger charge is -2.39. The molecule has 0 saturated carbocycles. The maximum absolute atomic E-state index is 12.8. The van der Waals surface area contributed by atoms with E-state index in [-0.39, 0.29) is 29.5 Å². The molecule has 1 aliphatic rings. The molecule has 1 rings (SSSR count). The summed E-state index contributed by atoms with van der Waals surface area (Å²) in [7, 11) is 1.70. The molecule has 0 aliphatic carbocycles. The monoisotopic (exact) mass is 465 g/mol. The van der Waals surface area contributed by atoms with Crippen molar-refractivity contribution in [1.82, 2.24) is 20.4 Å². The van der Waals surface area contributed by atoms with E-state index in [0.717, 1.165) is 19.0 Å². The molecule has 0 amide bonds. The van der Waals surface area contributed by atoms with E-state index < -0.39 is 12.2 Å². The fourth-order valence-electron chi connectivity index (χ4n) is 2.47. The Labute approximate surface area is 160 Å². The van der Waals surface area contributed by atoms with E-state index in [9.17, 15) is 13.2 Å². The van der Waals surface area contributed by atoms with Gasteiger partial charge in [-0.3, -0.25) is 9.89 Å². The van der Waals surface area contributed by atoms with Gasteiger partial charge in [-0.25, -0.2) is 0 Å². The van der Waals surface area contributed by atoms with E-state index in [2.05, 4.69) is 36.4 Å². The van der Waals surface area contributed by atoms with E-state index in [4.69, 9.17) is 0 Å². The van der Waals surface area contributed by atoms with Crippen LogP contribution in [0.25, 0.3) is 0 Å². The van der Waals surface area contributed by atoms with E-state index in [1.165, 1.54) is 11.8 Å². The van der Waals surface area contributed by atoms with Gasteiger partial charge in [-0.2, -0.15) is 13.2 Å². The van der Waals surface area contributed by atoms with Crippen LogP contribution in [-0.4, -0.2) is 79.8 Å². The molecular formula is C15H31F3IN5. The number of rotatable bonds is 4. The lowest BCUT2D eigenvalue weighted by atomic mass is 10.1. The van der Waals surface area contributed by atoms with Gasteiger partial charge in [-0.1, -0.05) is 0 Å². The third-order valence-electron chi connectivity index (χ3n) is 3.91. The first-order valence-electron chi connectivity index (χ1n) is 8.06. The van der Waals surface area contributed by atoms with Crippen LogP contribution < -0.4 is 10.6 Å². The smallest absolute Gasteiger partial charge is 0.355 e. The summed E-state index contributed by atoms with van der Waals surface area (Å²) in [6.07, 6.45) is -4.17. The van der Waals surface area contributed by atoms with Crippen molar-refractivity contribution in [3.8, 4) is 0 Å². The minimum atomic E-state index is -4.17. The molecule has 1 heterocycles. The lowest BCUT2D eigenvalue weighted by molar-refractivity contribution is -0.181. The Bertz CT molecular complexity index is 388. The van der Waals surface area contributed by atoms with Crippen molar-refractivity contribution in [3.05, 3.63) is 0 Å². The maximum atomic E-state index is 12.8. The van der Waals surface area contributed by atoms with Crippen LogP contribution in [0.3, 0.4) is 0 Å². The Kier molecular flexibility index (Phi) is 9.88. The summed E-state index contributed by atoms with van der Waals surface area (Å²) in [6.45, 7) is 10.9. The van der Waals surface area contributed by atoms with Crippen LogP contribution in [0.2, 0.25) is 0 Å². The van der Waals surface area contributed by atoms with Gasteiger partial charge in [-0.05, 0) is 27.7 Å². The summed E-state index contributed by atoms with van der Waals surface area (Å²) >= 11 is 0. The number of alkyl halides is 3. The van der Waals surface area contributed by atoms with Crippen molar-refractivity contribution in [3.63, 3.8) is 0 Å². The highest BCUT2D eigenvalue weighted by Crippen LogP contribution is 2.25. The molecule has 2 N–H and O–H groups in total. The Morgan fingerprint density at radius 2 is 1.62 bits per heavy atom. The second kappa shape index (κ2) is 10.0. The van der Waals surface area contributed by atoms with Gasteiger partial charge >= 0.3 is 6.18 Å². The summed E-state index contributed by atoms with van der Waals surface area (Å²) in [6, 6.07) is -1.39. The SMILES string of the molecule is CN=C(NCCNC(C)(C)C)N1CCN(C(C)C(F)(F)F)CC1.I. The second-order valence-corrected chi connectivity index (χ2v) is 6.89. The molecule has 5 nitrogen and oxygen atoms in total. The third kappa shape index (κ3) is 8.19. The molecule has 1 saturated heterocycles. The molecule has 24 heavy (non-hydrogen) atoms. The van der Waals surface area contributed by atoms with Gasteiger partial charge < -0.3 is 15.5 Å². The fraction of sp³-hybridized carbons (Fsp3) is 0.933. The molecule has 1 unspecified atom stereocenters. The van der Waals surface area contributed by atoms with Crippen LogP contribution in [0.4, 0.5) is 13.2 Å². The summed E-state index contributed by atoms with van der Waals surface area (Å²) < 4.78 is 38.3. The highest BCUT2D eigenvalue weighted by atomic mass is 127. The first-order valence-corrected chi connectivity index (χ1v) is 8.06. The first kappa shape index (κ1) is 23.7. The molecule has 0 aromatic heterocycles. The number of hydrogen-bond acceptors (Lipinski definition) is 3. The van der Waals surface area contributed by atoms with Gasteiger partial charge in [0, 0.05) is 51.9 Å². The van der Waals surface area contributed by atoms with Gasteiger partial charge in [0.15, 0.2) is 5.96 Å². The van der Waals surface area contributed by atoms with Crippen LogP contribution in [0, 0.1) is 0 Å². The largest absolute Gasteiger partial charge is 0.403 e. The van der Waals surface area contributed by atoms with Crippen LogP contribution in [-0.2, 0) is 0 Å². The topological polar surface area (TPSA) is 42.9 Å². The molecule has 1 atom stereocenters. The van der Waals surface area contributed by atoms with Crippen molar-refractivity contribution < 1.29 is 13.2 Å².